The van der Waals surface area contributed by atoms with Gasteiger partial charge in [-0.25, -0.2) is 0 Å². The van der Waals surface area contributed by atoms with E-state index in [9.17, 15) is 0 Å². The SMILES string of the molecule is C1CCC(NCC2(N3CCCCC3)CCCCC2)CC1. The average molecular weight is 278 g/mol. The lowest BCUT2D eigenvalue weighted by atomic mass is 9.78. The van der Waals surface area contributed by atoms with Crippen LogP contribution in [0.15, 0.2) is 0 Å². The summed E-state index contributed by atoms with van der Waals surface area (Å²) in [6, 6.07) is 0.826. The molecule has 0 aromatic carbocycles. The van der Waals surface area contributed by atoms with Gasteiger partial charge in [-0.2, -0.15) is 0 Å². The van der Waals surface area contributed by atoms with E-state index in [-0.39, 0.29) is 0 Å². The average Bonchev–Trinajstić information content (AvgIpc) is 2.56. The highest BCUT2D eigenvalue weighted by molar-refractivity contribution is 4.96. The van der Waals surface area contributed by atoms with Crippen molar-refractivity contribution in [2.75, 3.05) is 19.6 Å². The number of piperidine rings is 1. The van der Waals surface area contributed by atoms with Crippen LogP contribution >= 0.6 is 0 Å². The molecule has 3 aliphatic rings. The number of hydrogen-bond donors (Lipinski definition) is 1. The van der Waals surface area contributed by atoms with Gasteiger partial charge in [0.1, 0.15) is 0 Å². The highest BCUT2D eigenvalue weighted by atomic mass is 15.2. The number of likely N-dealkylation sites (tertiary alicyclic amines) is 1. The lowest BCUT2D eigenvalue weighted by Gasteiger charge is -2.49. The fraction of sp³-hybridized carbons (Fsp3) is 1.00. The second kappa shape index (κ2) is 7.26. The zero-order chi connectivity index (χ0) is 13.7. The minimum Gasteiger partial charge on any atom is -0.312 e. The second-order valence-corrected chi connectivity index (χ2v) is 7.55. The van der Waals surface area contributed by atoms with Crippen LogP contribution in [0.5, 0.6) is 0 Å². The number of nitrogens with one attached hydrogen (secondary N) is 1. The molecule has 1 saturated heterocycles. The Bertz CT molecular complexity index is 271. The van der Waals surface area contributed by atoms with Crippen LogP contribution in [0, 0.1) is 0 Å². The van der Waals surface area contributed by atoms with Crippen molar-refractivity contribution in [2.45, 2.75) is 95.1 Å². The predicted molar refractivity (Wildman–Crippen MR) is 86.1 cm³/mol. The van der Waals surface area contributed by atoms with Crippen LogP contribution in [-0.4, -0.2) is 36.1 Å². The maximum atomic E-state index is 3.99. The van der Waals surface area contributed by atoms with E-state index >= 15 is 0 Å². The van der Waals surface area contributed by atoms with Crippen molar-refractivity contribution in [1.82, 2.24) is 10.2 Å². The Kier molecular flexibility index (Phi) is 5.39. The Balaban J connectivity index is 1.59. The molecule has 0 unspecified atom stereocenters. The fourth-order valence-corrected chi connectivity index (χ4v) is 4.82. The topological polar surface area (TPSA) is 15.3 Å². The Morgan fingerprint density at radius 2 is 1.35 bits per heavy atom. The van der Waals surface area contributed by atoms with E-state index in [0.717, 1.165) is 6.04 Å². The molecular formula is C18H34N2. The fourth-order valence-electron chi connectivity index (χ4n) is 4.82. The highest BCUT2D eigenvalue weighted by Gasteiger charge is 2.38. The molecule has 0 bridgehead atoms. The smallest absolute Gasteiger partial charge is 0.0334 e. The zero-order valence-corrected chi connectivity index (χ0v) is 13.3. The van der Waals surface area contributed by atoms with Crippen LogP contribution in [0.1, 0.15) is 83.5 Å². The van der Waals surface area contributed by atoms with Crippen molar-refractivity contribution in [3.05, 3.63) is 0 Å². The van der Waals surface area contributed by atoms with E-state index in [4.69, 9.17) is 0 Å². The summed E-state index contributed by atoms with van der Waals surface area (Å²) in [5.74, 6) is 0. The molecule has 2 nitrogen and oxygen atoms in total. The third kappa shape index (κ3) is 3.57. The van der Waals surface area contributed by atoms with Gasteiger partial charge in [-0.15, -0.1) is 0 Å². The van der Waals surface area contributed by atoms with Crippen molar-refractivity contribution in [1.29, 1.82) is 0 Å². The van der Waals surface area contributed by atoms with E-state index < -0.39 is 0 Å². The van der Waals surface area contributed by atoms with Crippen molar-refractivity contribution in [3.8, 4) is 0 Å². The molecule has 0 amide bonds. The number of hydrogen-bond acceptors (Lipinski definition) is 2. The molecule has 0 spiro atoms. The molecule has 1 heterocycles. The van der Waals surface area contributed by atoms with Gasteiger partial charge in [0.2, 0.25) is 0 Å². The van der Waals surface area contributed by atoms with Gasteiger partial charge >= 0.3 is 0 Å². The largest absolute Gasteiger partial charge is 0.312 e. The van der Waals surface area contributed by atoms with Crippen LogP contribution in [-0.2, 0) is 0 Å². The second-order valence-electron chi connectivity index (χ2n) is 7.55. The summed E-state index contributed by atoms with van der Waals surface area (Å²) in [5.41, 5.74) is 0.524. The monoisotopic (exact) mass is 278 g/mol. The van der Waals surface area contributed by atoms with Crippen LogP contribution in [0.2, 0.25) is 0 Å². The van der Waals surface area contributed by atoms with E-state index in [2.05, 4.69) is 10.2 Å². The molecule has 1 N–H and O–H groups in total. The van der Waals surface area contributed by atoms with Gasteiger partial charge in [0.05, 0.1) is 0 Å². The summed E-state index contributed by atoms with van der Waals surface area (Å²) in [4.78, 5) is 2.88. The van der Waals surface area contributed by atoms with Gasteiger partial charge in [0, 0.05) is 18.1 Å². The van der Waals surface area contributed by atoms with Crippen molar-refractivity contribution in [3.63, 3.8) is 0 Å². The number of rotatable bonds is 4. The Morgan fingerprint density at radius 3 is 2.05 bits per heavy atom. The summed E-state index contributed by atoms with van der Waals surface area (Å²) in [5, 5.41) is 3.99. The molecule has 3 rings (SSSR count). The quantitative estimate of drug-likeness (QED) is 0.833. The molecular weight excluding hydrogens is 244 g/mol. The molecule has 2 heteroatoms. The van der Waals surface area contributed by atoms with E-state index in [1.807, 2.05) is 0 Å². The molecule has 0 radical (unpaired) electrons. The molecule has 2 saturated carbocycles. The summed E-state index contributed by atoms with van der Waals surface area (Å²) >= 11 is 0. The van der Waals surface area contributed by atoms with Gasteiger partial charge in [-0.1, -0.05) is 44.9 Å². The van der Waals surface area contributed by atoms with Crippen LogP contribution in [0.25, 0.3) is 0 Å². The normalized spacial score (nSPS) is 29.4. The predicted octanol–water partition coefficient (Wildman–Crippen LogP) is 4.10. The van der Waals surface area contributed by atoms with E-state index in [1.165, 1.54) is 103 Å². The first-order valence-electron chi connectivity index (χ1n) is 9.38. The van der Waals surface area contributed by atoms with E-state index in [1.54, 1.807) is 0 Å². The van der Waals surface area contributed by atoms with Gasteiger partial charge in [0.15, 0.2) is 0 Å². The maximum Gasteiger partial charge on any atom is 0.0334 e. The minimum atomic E-state index is 0.524. The van der Waals surface area contributed by atoms with Crippen LogP contribution < -0.4 is 5.32 Å². The van der Waals surface area contributed by atoms with Crippen molar-refractivity contribution < 1.29 is 0 Å². The molecule has 3 fully saturated rings. The van der Waals surface area contributed by atoms with Gasteiger partial charge in [-0.05, 0) is 51.6 Å². The zero-order valence-electron chi connectivity index (χ0n) is 13.3. The first-order chi connectivity index (χ1) is 9.89. The standard InChI is InChI=1S/C18H34N2/c1-4-10-17(11-5-1)19-16-18(12-6-2-7-13-18)20-14-8-3-9-15-20/h17,19H,1-16H2. The Morgan fingerprint density at radius 1 is 0.750 bits per heavy atom. The Hall–Kier alpha value is -0.0800. The molecule has 20 heavy (non-hydrogen) atoms. The number of nitrogens with zero attached hydrogens (tertiary/aromatic N) is 1. The van der Waals surface area contributed by atoms with Gasteiger partial charge in [0.25, 0.3) is 0 Å². The molecule has 0 aromatic rings. The Labute approximate surface area is 125 Å². The molecule has 0 aromatic heterocycles. The first-order valence-corrected chi connectivity index (χ1v) is 9.38. The molecule has 1 aliphatic heterocycles. The van der Waals surface area contributed by atoms with E-state index in [0.29, 0.717) is 5.54 Å². The third-order valence-electron chi connectivity index (χ3n) is 6.14. The summed E-state index contributed by atoms with van der Waals surface area (Å²) in [7, 11) is 0. The molecule has 116 valence electrons. The highest BCUT2D eigenvalue weighted by Crippen LogP contribution is 2.35. The van der Waals surface area contributed by atoms with Gasteiger partial charge in [-0.3, -0.25) is 4.90 Å². The summed E-state index contributed by atoms with van der Waals surface area (Å²) in [6.45, 7) is 4.01. The van der Waals surface area contributed by atoms with Crippen molar-refractivity contribution >= 4 is 0 Å². The van der Waals surface area contributed by atoms with Gasteiger partial charge < -0.3 is 5.32 Å². The lowest BCUT2D eigenvalue weighted by Crippen LogP contribution is -2.58. The van der Waals surface area contributed by atoms with Crippen LogP contribution in [0.4, 0.5) is 0 Å². The first kappa shape index (κ1) is 14.8. The summed E-state index contributed by atoms with van der Waals surface area (Å²) < 4.78 is 0. The molecule has 2 aliphatic carbocycles. The summed E-state index contributed by atoms with van der Waals surface area (Å²) in [6.07, 6.45) is 18.9. The maximum absolute atomic E-state index is 3.99. The third-order valence-corrected chi connectivity index (χ3v) is 6.14. The lowest BCUT2D eigenvalue weighted by molar-refractivity contribution is 0.0304. The van der Waals surface area contributed by atoms with Crippen molar-refractivity contribution in [2.24, 2.45) is 0 Å². The minimum absolute atomic E-state index is 0.524. The van der Waals surface area contributed by atoms with Crippen LogP contribution in [0.3, 0.4) is 0 Å². The molecule has 0 atom stereocenters.